The van der Waals surface area contributed by atoms with Gasteiger partial charge in [-0.2, -0.15) is 0 Å². The van der Waals surface area contributed by atoms with Crippen LogP contribution in [0.3, 0.4) is 0 Å². The molecule has 0 unspecified atom stereocenters. The zero-order valence-electron chi connectivity index (χ0n) is 11.2. The Hall–Kier alpha value is -0.510. The normalized spacial score (nSPS) is 12.1. The van der Waals surface area contributed by atoms with Crippen LogP contribution in [-0.2, 0) is 6.54 Å². The predicted octanol–water partition coefficient (Wildman–Crippen LogP) is 2.86. The predicted molar refractivity (Wildman–Crippen MR) is 75.4 cm³/mol. The van der Waals surface area contributed by atoms with Crippen molar-refractivity contribution in [3.05, 3.63) is 29.8 Å². The van der Waals surface area contributed by atoms with Crippen LogP contribution >= 0.6 is 11.8 Å². The summed E-state index contributed by atoms with van der Waals surface area (Å²) in [6, 6.07) is 8.67. The van der Waals surface area contributed by atoms with E-state index < -0.39 is 0 Å². The second-order valence-electron chi connectivity index (χ2n) is 5.34. The molecule has 0 atom stereocenters. The van der Waals surface area contributed by atoms with Crippen molar-refractivity contribution in [2.24, 2.45) is 5.41 Å². The van der Waals surface area contributed by atoms with Crippen molar-refractivity contribution in [3.8, 4) is 0 Å². The van der Waals surface area contributed by atoms with Gasteiger partial charge in [-0.1, -0.05) is 26.0 Å². The van der Waals surface area contributed by atoms with Gasteiger partial charge < -0.3 is 10.0 Å². The molecule has 3 heteroatoms. The van der Waals surface area contributed by atoms with Gasteiger partial charge in [0, 0.05) is 30.0 Å². The molecule has 17 heavy (non-hydrogen) atoms. The fourth-order valence-electron chi connectivity index (χ4n) is 1.88. The zero-order valence-corrected chi connectivity index (χ0v) is 12.0. The number of benzene rings is 1. The van der Waals surface area contributed by atoms with Crippen molar-refractivity contribution in [3.63, 3.8) is 0 Å². The molecule has 2 nitrogen and oxygen atoms in total. The molecular weight excluding hydrogens is 230 g/mol. The summed E-state index contributed by atoms with van der Waals surface area (Å²) in [5.41, 5.74) is 1.28. The summed E-state index contributed by atoms with van der Waals surface area (Å²) in [5, 5.41) is 9.25. The maximum Gasteiger partial charge on any atom is 0.0494 e. The lowest BCUT2D eigenvalue weighted by Crippen LogP contribution is -2.33. The summed E-state index contributed by atoms with van der Waals surface area (Å²) in [4.78, 5) is 3.55. The first-order chi connectivity index (χ1) is 7.96. The summed E-state index contributed by atoms with van der Waals surface area (Å²) in [5.74, 6) is 0. The highest BCUT2D eigenvalue weighted by molar-refractivity contribution is 7.98. The Labute approximate surface area is 109 Å². The number of nitrogens with zero attached hydrogens (tertiary/aromatic N) is 1. The lowest BCUT2D eigenvalue weighted by Gasteiger charge is -2.28. The first kappa shape index (κ1) is 14.6. The standard InChI is InChI=1S/C14H23NOS/c1-14(2,11-16)10-15(3)9-12-5-7-13(17-4)8-6-12/h5-8,16H,9-11H2,1-4H3. The molecular formula is C14H23NOS. The van der Waals surface area contributed by atoms with E-state index in [1.54, 1.807) is 11.8 Å². The van der Waals surface area contributed by atoms with Crippen LogP contribution in [0.2, 0.25) is 0 Å². The highest BCUT2D eigenvalue weighted by Gasteiger charge is 2.18. The molecule has 0 amide bonds. The molecule has 1 N–H and O–H groups in total. The van der Waals surface area contributed by atoms with Crippen LogP contribution in [0.1, 0.15) is 19.4 Å². The Balaban J connectivity index is 2.52. The van der Waals surface area contributed by atoms with E-state index in [1.165, 1.54) is 10.5 Å². The van der Waals surface area contributed by atoms with Gasteiger partial charge in [-0.25, -0.2) is 0 Å². The molecule has 1 aromatic carbocycles. The van der Waals surface area contributed by atoms with Crippen molar-refractivity contribution >= 4 is 11.8 Å². The SMILES string of the molecule is CSc1ccc(CN(C)CC(C)(C)CO)cc1. The molecule has 1 aromatic rings. The molecule has 0 aromatic heterocycles. The quantitative estimate of drug-likeness (QED) is 0.789. The molecule has 1 rings (SSSR count). The highest BCUT2D eigenvalue weighted by Crippen LogP contribution is 2.18. The van der Waals surface area contributed by atoms with Gasteiger partial charge in [-0.15, -0.1) is 11.8 Å². The second kappa shape index (κ2) is 6.43. The number of aliphatic hydroxyl groups excluding tert-OH is 1. The minimum atomic E-state index is -0.0338. The number of rotatable bonds is 6. The Bertz CT molecular complexity index is 335. The summed E-state index contributed by atoms with van der Waals surface area (Å²) in [6.07, 6.45) is 2.09. The number of thioether (sulfide) groups is 1. The first-order valence-electron chi connectivity index (χ1n) is 5.89. The van der Waals surface area contributed by atoms with Gasteiger partial charge in [0.1, 0.15) is 0 Å². The lowest BCUT2D eigenvalue weighted by molar-refractivity contribution is 0.112. The summed E-state index contributed by atoms with van der Waals surface area (Å²) in [7, 11) is 2.10. The zero-order chi connectivity index (χ0) is 12.9. The molecule has 0 saturated carbocycles. The topological polar surface area (TPSA) is 23.5 Å². The molecule has 0 heterocycles. The summed E-state index contributed by atoms with van der Waals surface area (Å²) >= 11 is 1.76. The third-order valence-electron chi connectivity index (χ3n) is 2.74. The van der Waals surface area contributed by atoms with Gasteiger partial charge in [0.05, 0.1) is 0 Å². The van der Waals surface area contributed by atoms with Crippen LogP contribution in [0.15, 0.2) is 29.2 Å². The number of hydrogen-bond acceptors (Lipinski definition) is 3. The molecule has 96 valence electrons. The van der Waals surface area contributed by atoms with Crippen LogP contribution < -0.4 is 0 Å². The van der Waals surface area contributed by atoms with Gasteiger partial charge in [-0.3, -0.25) is 0 Å². The number of aliphatic hydroxyl groups is 1. The molecule has 0 aliphatic rings. The van der Waals surface area contributed by atoms with Crippen LogP contribution in [0.5, 0.6) is 0 Å². The Morgan fingerprint density at radius 2 is 1.82 bits per heavy atom. The van der Waals surface area contributed by atoms with Crippen molar-refractivity contribution in [2.75, 3.05) is 26.5 Å². The smallest absolute Gasteiger partial charge is 0.0494 e. The van der Waals surface area contributed by atoms with Crippen molar-refractivity contribution in [2.45, 2.75) is 25.3 Å². The maximum atomic E-state index is 9.25. The van der Waals surface area contributed by atoms with E-state index in [4.69, 9.17) is 0 Å². The average Bonchev–Trinajstić information content (AvgIpc) is 2.29. The van der Waals surface area contributed by atoms with Gasteiger partial charge in [-0.05, 0) is 31.0 Å². The minimum absolute atomic E-state index is 0.0338. The van der Waals surface area contributed by atoms with E-state index in [1.807, 2.05) is 0 Å². The average molecular weight is 253 g/mol. The van der Waals surface area contributed by atoms with Gasteiger partial charge in [0.15, 0.2) is 0 Å². The van der Waals surface area contributed by atoms with Crippen LogP contribution in [-0.4, -0.2) is 36.5 Å². The van der Waals surface area contributed by atoms with Gasteiger partial charge in [0.25, 0.3) is 0 Å². The van der Waals surface area contributed by atoms with E-state index in [2.05, 4.69) is 56.3 Å². The van der Waals surface area contributed by atoms with E-state index in [0.29, 0.717) is 0 Å². The van der Waals surface area contributed by atoms with Crippen molar-refractivity contribution in [1.82, 2.24) is 4.90 Å². The Morgan fingerprint density at radius 3 is 2.29 bits per heavy atom. The highest BCUT2D eigenvalue weighted by atomic mass is 32.2. The molecule has 0 spiro atoms. The fourth-order valence-corrected chi connectivity index (χ4v) is 2.29. The van der Waals surface area contributed by atoms with Crippen molar-refractivity contribution < 1.29 is 5.11 Å². The molecule has 0 saturated heterocycles. The third-order valence-corrected chi connectivity index (χ3v) is 3.48. The molecule has 0 bridgehead atoms. The van der Waals surface area contributed by atoms with E-state index in [9.17, 15) is 5.11 Å². The largest absolute Gasteiger partial charge is 0.396 e. The number of hydrogen-bond donors (Lipinski definition) is 1. The lowest BCUT2D eigenvalue weighted by atomic mass is 9.94. The maximum absolute atomic E-state index is 9.25. The summed E-state index contributed by atoms with van der Waals surface area (Å²) < 4.78 is 0. The molecule has 0 aliphatic heterocycles. The third kappa shape index (κ3) is 5.11. The molecule has 0 radical (unpaired) electrons. The van der Waals surface area contributed by atoms with Crippen LogP contribution in [0.25, 0.3) is 0 Å². The van der Waals surface area contributed by atoms with E-state index in [0.717, 1.165) is 13.1 Å². The van der Waals surface area contributed by atoms with Crippen molar-refractivity contribution in [1.29, 1.82) is 0 Å². The van der Waals surface area contributed by atoms with Crippen LogP contribution in [0.4, 0.5) is 0 Å². The minimum Gasteiger partial charge on any atom is -0.396 e. The van der Waals surface area contributed by atoms with Gasteiger partial charge >= 0.3 is 0 Å². The van der Waals surface area contributed by atoms with Gasteiger partial charge in [0.2, 0.25) is 0 Å². The molecule has 0 aliphatic carbocycles. The monoisotopic (exact) mass is 253 g/mol. The first-order valence-corrected chi connectivity index (χ1v) is 7.12. The van der Waals surface area contributed by atoms with E-state index in [-0.39, 0.29) is 12.0 Å². The van der Waals surface area contributed by atoms with Crippen LogP contribution in [0, 0.1) is 5.41 Å². The summed E-state index contributed by atoms with van der Waals surface area (Å²) in [6.45, 7) is 6.22. The Morgan fingerprint density at radius 1 is 1.24 bits per heavy atom. The van der Waals surface area contributed by atoms with E-state index >= 15 is 0 Å². The Kier molecular flexibility index (Phi) is 5.50. The molecule has 0 fully saturated rings. The second-order valence-corrected chi connectivity index (χ2v) is 6.22. The fraction of sp³-hybridized carbons (Fsp3) is 0.571.